The summed E-state index contributed by atoms with van der Waals surface area (Å²) in [7, 11) is 0. The molecular formula is C18H17ClN2O2. The van der Waals surface area contributed by atoms with Crippen molar-refractivity contribution >= 4 is 35.2 Å². The van der Waals surface area contributed by atoms with Gasteiger partial charge in [0.25, 0.3) is 0 Å². The largest absolute Gasteiger partial charge is 0.478 e. The number of carboxylic acid groups (broad SMARTS) is 1. The maximum Gasteiger partial charge on any atom is 0.337 e. The Morgan fingerprint density at radius 1 is 1.13 bits per heavy atom. The molecule has 118 valence electrons. The fourth-order valence-electron chi connectivity index (χ4n) is 2.65. The first-order chi connectivity index (χ1) is 11.1. The molecule has 0 spiro atoms. The highest BCUT2D eigenvalue weighted by molar-refractivity contribution is 6.33. The van der Waals surface area contributed by atoms with Crippen LogP contribution in [-0.2, 0) is 0 Å². The van der Waals surface area contributed by atoms with Crippen molar-refractivity contribution in [2.24, 2.45) is 4.99 Å². The Morgan fingerprint density at radius 3 is 2.48 bits per heavy atom. The molecule has 1 saturated heterocycles. The van der Waals surface area contributed by atoms with Crippen LogP contribution < -0.4 is 4.90 Å². The Balaban J connectivity index is 1.74. The molecule has 0 aromatic heterocycles. The summed E-state index contributed by atoms with van der Waals surface area (Å²) in [5, 5.41) is 9.28. The summed E-state index contributed by atoms with van der Waals surface area (Å²) in [5.74, 6) is -1.05. The van der Waals surface area contributed by atoms with Gasteiger partial charge in [0.2, 0.25) is 0 Å². The molecule has 0 aliphatic carbocycles. The first kappa shape index (κ1) is 15.6. The number of hydrogen-bond acceptors (Lipinski definition) is 3. The van der Waals surface area contributed by atoms with Crippen molar-refractivity contribution in [3.8, 4) is 0 Å². The summed E-state index contributed by atoms with van der Waals surface area (Å²) in [6.45, 7) is 2.24. The summed E-state index contributed by atoms with van der Waals surface area (Å²) in [6, 6.07) is 12.9. The van der Waals surface area contributed by atoms with Crippen LogP contribution in [0, 0.1) is 0 Å². The first-order valence-corrected chi connectivity index (χ1v) is 7.93. The minimum Gasteiger partial charge on any atom is -0.478 e. The fourth-order valence-corrected chi connectivity index (χ4v) is 2.85. The number of rotatable bonds is 4. The second-order valence-electron chi connectivity index (χ2n) is 5.51. The molecule has 1 fully saturated rings. The van der Waals surface area contributed by atoms with Gasteiger partial charge in [-0.2, -0.15) is 0 Å². The Morgan fingerprint density at radius 2 is 1.83 bits per heavy atom. The van der Waals surface area contributed by atoms with Gasteiger partial charge in [-0.25, -0.2) is 4.79 Å². The number of aromatic carboxylic acids is 1. The van der Waals surface area contributed by atoms with Gasteiger partial charge < -0.3 is 10.0 Å². The molecule has 1 N–H and O–H groups in total. The monoisotopic (exact) mass is 328 g/mol. The van der Waals surface area contributed by atoms with Crippen LogP contribution in [0.2, 0.25) is 5.02 Å². The molecule has 0 saturated carbocycles. The molecule has 2 aromatic rings. The van der Waals surface area contributed by atoms with Gasteiger partial charge >= 0.3 is 5.97 Å². The van der Waals surface area contributed by atoms with Crippen LogP contribution in [0.1, 0.15) is 28.8 Å². The lowest BCUT2D eigenvalue weighted by Gasteiger charge is -2.17. The van der Waals surface area contributed by atoms with E-state index in [4.69, 9.17) is 16.7 Å². The van der Waals surface area contributed by atoms with Gasteiger partial charge in [0.15, 0.2) is 0 Å². The predicted octanol–water partition coefficient (Wildman–Crippen LogP) is 4.39. The van der Waals surface area contributed by atoms with Crippen molar-refractivity contribution in [3.05, 3.63) is 58.6 Å². The number of nitrogens with zero attached hydrogens (tertiary/aromatic N) is 2. The van der Waals surface area contributed by atoms with Crippen molar-refractivity contribution in [1.29, 1.82) is 0 Å². The normalized spacial score (nSPS) is 14.6. The molecule has 2 aromatic carbocycles. The third kappa shape index (κ3) is 3.71. The smallest absolute Gasteiger partial charge is 0.337 e. The molecule has 23 heavy (non-hydrogen) atoms. The SMILES string of the molecule is O=C(O)c1cc(N=Cc2ccc(N3CCCC3)cc2)ccc1Cl. The molecule has 0 bridgehead atoms. The maximum absolute atomic E-state index is 11.1. The fraction of sp³-hybridized carbons (Fsp3) is 0.222. The Hall–Kier alpha value is -2.33. The topological polar surface area (TPSA) is 52.9 Å². The number of carboxylic acids is 1. The summed E-state index contributed by atoms with van der Waals surface area (Å²) in [6.07, 6.45) is 4.24. The number of anilines is 1. The zero-order valence-corrected chi connectivity index (χ0v) is 13.3. The van der Waals surface area contributed by atoms with E-state index >= 15 is 0 Å². The van der Waals surface area contributed by atoms with Gasteiger partial charge in [-0.05, 0) is 48.7 Å². The zero-order valence-electron chi connectivity index (χ0n) is 12.6. The number of halogens is 1. The van der Waals surface area contributed by atoms with E-state index in [2.05, 4.69) is 22.0 Å². The van der Waals surface area contributed by atoms with Crippen molar-refractivity contribution in [2.45, 2.75) is 12.8 Å². The summed E-state index contributed by atoms with van der Waals surface area (Å²) >= 11 is 5.85. The lowest BCUT2D eigenvalue weighted by atomic mass is 10.2. The summed E-state index contributed by atoms with van der Waals surface area (Å²) < 4.78 is 0. The number of benzene rings is 2. The zero-order chi connectivity index (χ0) is 16.2. The lowest BCUT2D eigenvalue weighted by Crippen LogP contribution is -2.17. The minimum absolute atomic E-state index is 0.0608. The van der Waals surface area contributed by atoms with Crippen LogP contribution >= 0.6 is 11.6 Å². The van der Waals surface area contributed by atoms with Gasteiger partial charge in [-0.1, -0.05) is 23.7 Å². The highest BCUT2D eigenvalue weighted by Gasteiger charge is 2.11. The van der Waals surface area contributed by atoms with Crippen LogP contribution in [0.4, 0.5) is 11.4 Å². The first-order valence-electron chi connectivity index (χ1n) is 7.55. The van der Waals surface area contributed by atoms with Crippen LogP contribution in [0.5, 0.6) is 0 Å². The Labute approximate surface area is 140 Å². The second-order valence-corrected chi connectivity index (χ2v) is 5.92. The molecule has 3 rings (SSSR count). The van der Waals surface area contributed by atoms with Crippen LogP contribution in [0.25, 0.3) is 0 Å². The third-order valence-electron chi connectivity index (χ3n) is 3.91. The number of carbonyl (C=O) groups is 1. The lowest BCUT2D eigenvalue weighted by molar-refractivity contribution is 0.0697. The molecule has 0 unspecified atom stereocenters. The van der Waals surface area contributed by atoms with Gasteiger partial charge in [0, 0.05) is 25.0 Å². The predicted molar refractivity (Wildman–Crippen MR) is 93.6 cm³/mol. The highest BCUT2D eigenvalue weighted by atomic mass is 35.5. The minimum atomic E-state index is -1.05. The van der Waals surface area contributed by atoms with E-state index in [0.717, 1.165) is 18.7 Å². The molecule has 1 aliphatic heterocycles. The average molecular weight is 329 g/mol. The summed E-state index contributed by atoms with van der Waals surface area (Å²) in [5.41, 5.74) is 2.83. The van der Waals surface area contributed by atoms with Crippen molar-refractivity contribution in [1.82, 2.24) is 0 Å². The van der Waals surface area contributed by atoms with Crippen LogP contribution in [-0.4, -0.2) is 30.4 Å². The van der Waals surface area contributed by atoms with Crippen LogP contribution in [0.3, 0.4) is 0 Å². The van der Waals surface area contributed by atoms with E-state index in [1.54, 1.807) is 18.3 Å². The molecule has 0 amide bonds. The average Bonchev–Trinajstić information content (AvgIpc) is 3.09. The highest BCUT2D eigenvalue weighted by Crippen LogP contribution is 2.23. The molecule has 4 nitrogen and oxygen atoms in total. The molecule has 5 heteroatoms. The van der Waals surface area contributed by atoms with Gasteiger partial charge in [0.1, 0.15) is 0 Å². The van der Waals surface area contributed by atoms with E-state index in [9.17, 15) is 4.79 Å². The van der Waals surface area contributed by atoms with E-state index in [0.29, 0.717) is 5.69 Å². The molecule has 0 radical (unpaired) electrons. The van der Waals surface area contributed by atoms with Crippen molar-refractivity contribution in [3.63, 3.8) is 0 Å². The summed E-state index contributed by atoms with van der Waals surface area (Å²) in [4.78, 5) is 17.8. The van der Waals surface area contributed by atoms with Gasteiger partial charge in [-0.15, -0.1) is 0 Å². The van der Waals surface area contributed by atoms with Gasteiger partial charge in [0.05, 0.1) is 16.3 Å². The van der Waals surface area contributed by atoms with E-state index in [-0.39, 0.29) is 10.6 Å². The molecule has 0 atom stereocenters. The third-order valence-corrected chi connectivity index (χ3v) is 4.24. The van der Waals surface area contributed by atoms with E-state index < -0.39 is 5.97 Å². The van der Waals surface area contributed by atoms with Crippen LogP contribution in [0.15, 0.2) is 47.5 Å². The van der Waals surface area contributed by atoms with E-state index in [1.807, 2.05) is 12.1 Å². The maximum atomic E-state index is 11.1. The Kier molecular flexibility index (Phi) is 4.63. The number of aliphatic imine (C=N–C) groups is 1. The molecule has 1 heterocycles. The number of hydrogen-bond donors (Lipinski definition) is 1. The van der Waals surface area contributed by atoms with Crippen molar-refractivity contribution in [2.75, 3.05) is 18.0 Å². The Bertz CT molecular complexity index is 735. The second kappa shape index (κ2) is 6.84. The van der Waals surface area contributed by atoms with E-state index in [1.165, 1.54) is 24.6 Å². The quantitative estimate of drug-likeness (QED) is 0.847. The molecular weight excluding hydrogens is 312 g/mol. The van der Waals surface area contributed by atoms with Crippen molar-refractivity contribution < 1.29 is 9.90 Å². The molecule has 1 aliphatic rings. The standard InChI is InChI=1S/C18H17ClN2O2/c19-17-8-5-14(11-16(17)18(22)23)20-12-13-3-6-15(7-4-13)21-9-1-2-10-21/h3-8,11-12H,1-2,9-10H2,(H,22,23). The van der Waals surface area contributed by atoms with Gasteiger partial charge in [-0.3, -0.25) is 4.99 Å².